The number of hydrogen-bond acceptors (Lipinski definition) is 5. The zero-order chi connectivity index (χ0) is 18.8. The number of ether oxygens (including phenoxy) is 2. The lowest BCUT2D eigenvalue weighted by molar-refractivity contribution is -0.117. The van der Waals surface area contributed by atoms with Gasteiger partial charge in [0.1, 0.15) is 17.4 Å². The zero-order valence-electron chi connectivity index (χ0n) is 14.3. The van der Waals surface area contributed by atoms with Gasteiger partial charge in [0, 0.05) is 13.7 Å². The van der Waals surface area contributed by atoms with Gasteiger partial charge in [0.05, 0.1) is 12.2 Å². The largest absolute Gasteiger partial charge is 0.423 e. The van der Waals surface area contributed by atoms with Crippen molar-refractivity contribution in [2.24, 2.45) is 0 Å². The summed E-state index contributed by atoms with van der Waals surface area (Å²) < 4.78 is 10.1. The maximum atomic E-state index is 12.0. The Morgan fingerprint density at radius 3 is 2.42 bits per heavy atom. The van der Waals surface area contributed by atoms with Crippen molar-refractivity contribution in [3.63, 3.8) is 0 Å². The van der Waals surface area contributed by atoms with E-state index in [9.17, 15) is 9.59 Å². The Labute approximate surface area is 151 Å². The Hall–Kier alpha value is -3.43. The lowest BCUT2D eigenvalue weighted by Gasteiger charge is -2.05. The molecule has 6 heteroatoms. The lowest BCUT2D eigenvalue weighted by atomic mass is 10.1. The minimum absolute atomic E-state index is 0.0184. The molecule has 0 aromatic heterocycles. The van der Waals surface area contributed by atoms with E-state index in [-0.39, 0.29) is 5.57 Å². The molecule has 132 valence electrons. The van der Waals surface area contributed by atoms with Crippen LogP contribution < -0.4 is 10.1 Å². The highest BCUT2D eigenvalue weighted by Crippen LogP contribution is 2.16. The van der Waals surface area contributed by atoms with Crippen LogP contribution in [0.5, 0.6) is 5.75 Å². The average molecular weight is 350 g/mol. The molecule has 2 aromatic rings. The lowest BCUT2D eigenvalue weighted by Crippen LogP contribution is -2.27. The fraction of sp³-hybridized carbons (Fsp3) is 0.150. The number of rotatable bonds is 7. The van der Waals surface area contributed by atoms with Crippen molar-refractivity contribution in [1.29, 1.82) is 5.26 Å². The van der Waals surface area contributed by atoms with Crippen molar-refractivity contribution in [3.05, 3.63) is 71.3 Å². The second-order valence-electron chi connectivity index (χ2n) is 5.24. The number of nitrogens with one attached hydrogen (secondary N) is 1. The van der Waals surface area contributed by atoms with E-state index in [0.717, 1.165) is 0 Å². The van der Waals surface area contributed by atoms with Crippen molar-refractivity contribution in [1.82, 2.24) is 5.32 Å². The molecular weight excluding hydrogens is 332 g/mol. The van der Waals surface area contributed by atoms with E-state index >= 15 is 0 Å². The van der Waals surface area contributed by atoms with Gasteiger partial charge >= 0.3 is 5.97 Å². The van der Waals surface area contributed by atoms with E-state index in [1.54, 1.807) is 48.5 Å². The van der Waals surface area contributed by atoms with Crippen LogP contribution in [-0.2, 0) is 9.53 Å². The van der Waals surface area contributed by atoms with Gasteiger partial charge in [0.2, 0.25) is 0 Å². The second kappa shape index (κ2) is 9.77. The maximum Gasteiger partial charge on any atom is 0.343 e. The van der Waals surface area contributed by atoms with E-state index < -0.39 is 11.9 Å². The fourth-order valence-electron chi connectivity index (χ4n) is 2.05. The Bertz CT molecular complexity index is 821. The molecule has 0 atom stereocenters. The van der Waals surface area contributed by atoms with E-state index in [0.29, 0.717) is 30.0 Å². The molecule has 0 heterocycles. The molecular formula is C20H18N2O4. The number of benzene rings is 2. The average Bonchev–Trinajstić information content (AvgIpc) is 2.68. The van der Waals surface area contributed by atoms with Crippen LogP contribution in [0.4, 0.5) is 0 Å². The third-order valence-electron chi connectivity index (χ3n) is 3.37. The summed E-state index contributed by atoms with van der Waals surface area (Å²) in [5.74, 6) is -0.549. The van der Waals surface area contributed by atoms with E-state index in [4.69, 9.17) is 14.7 Å². The summed E-state index contributed by atoms with van der Waals surface area (Å²) in [5, 5.41) is 11.7. The van der Waals surface area contributed by atoms with Gasteiger partial charge in [-0.3, -0.25) is 4.79 Å². The van der Waals surface area contributed by atoms with Crippen LogP contribution in [0.25, 0.3) is 6.08 Å². The van der Waals surface area contributed by atoms with E-state index in [2.05, 4.69) is 5.32 Å². The summed E-state index contributed by atoms with van der Waals surface area (Å²) in [5.41, 5.74) is 1.08. The Balaban J connectivity index is 2.02. The van der Waals surface area contributed by atoms with Gasteiger partial charge in [-0.25, -0.2) is 4.79 Å². The van der Waals surface area contributed by atoms with Crippen LogP contribution in [0.2, 0.25) is 0 Å². The molecule has 0 aliphatic heterocycles. The third kappa shape index (κ3) is 5.58. The normalized spacial score (nSPS) is 10.7. The molecule has 6 nitrogen and oxygen atoms in total. The van der Waals surface area contributed by atoms with Gasteiger partial charge in [-0.05, 0) is 35.9 Å². The van der Waals surface area contributed by atoms with Gasteiger partial charge in [-0.1, -0.05) is 30.3 Å². The molecule has 0 aliphatic rings. The molecule has 1 amide bonds. The first-order chi connectivity index (χ1) is 12.6. The van der Waals surface area contributed by atoms with Crippen LogP contribution >= 0.6 is 0 Å². The van der Waals surface area contributed by atoms with Gasteiger partial charge in [-0.2, -0.15) is 5.26 Å². The number of esters is 1. The molecule has 2 rings (SSSR count). The standard InChI is InChI=1S/C20H18N2O4/c1-25-12-11-22-19(23)17(14-21)13-15-7-9-18(10-8-15)26-20(24)16-5-3-2-4-6-16/h2-10,13H,11-12H2,1H3,(H,22,23)/b17-13+. The highest BCUT2D eigenvalue weighted by Gasteiger charge is 2.09. The molecule has 0 bridgehead atoms. The monoisotopic (exact) mass is 350 g/mol. The predicted octanol–water partition coefficient (Wildman–Crippen LogP) is 2.58. The van der Waals surface area contributed by atoms with Crippen molar-refractivity contribution in [3.8, 4) is 11.8 Å². The van der Waals surface area contributed by atoms with Crippen molar-refractivity contribution >= 4 is 18.0 Å². The Kier molecular flexibility index (Phi) is 7.10. The summed E-state index contributed by atoms with van der Waals surface area (Å²) in [6, 6.07) is 17.1. The first kappa shape index (κ1) is 18.9. The van der Waals surface area contributed by atoms with Crippen molar-refractivity contribution in [2.45, 2.75) is 0 Å². The molecule has 0 saturated carbocycles. The number of carbonyl (C=O) groups is 2. The van der Waals surface area contributed by atoms with Gasteiger partial charge < -0.3 is 14.8 Å². The highest BCUT2D eigenvalue weighted by atomic mass is 16.5. The number of carbonyl (C=O) groups excluding carboxylic acids is 2. The topological polar surface area (TPSA) is 88.4 Å². The van der Waals surface area contributed by atoms with Crippen LogP contribution in [0.15, 0.2) is 60.2 Å². The SMILES string of the molecule is COCCNC(=O)/C(C#N)=C/c1ccc(OC(=O)c2ccccc2)cc1. The molecule has 0 fully saturated rings. The number of methoxy groups -OCH3 is 1. The number of nitrogens with zero attached hydrogens (tertiary/aromatic N) is 1. The molecule has 0 spiro atoms. The minimum Gasteiger partial charge on any atom is -0.423 e. The molecule has 1 N–H and O–H groups in total. The molecule has 0 radical (unpaired) electrons. The first-order valence-corrected chi connectivity index (χ1v) is 7.90. The number of amides is 1. The number of nitriles is 1. The van der Waals surface area contributed by atoms with Crippen LogP contribution in [0, 0.1) is 11.3 Å². The molecule has 0 aliphatic carbocycles. The predicted molar refractivity (Wildman–Crippen MR) is 96.3 cm³/mol. The Morgan fingerprint density at radius 1 is 1.12 bits per heavy atom. The van der Waals surface area contributed by atoms with Gasteiger partial charge in [0.25, 0.3) is 5.91 Å². The first-order valence-electron chi connectivity index (χ1n) is 7.90. The molecule has 2 aromatic carbocycles. The molecule has 26 heavy (non-hydrogen) atoms. The highest BCUT2D eigenvalue weighted by molar-refractivity contribution is 6.01. The summed E-state index contributed by atoms with van der Waals surface area (Å²) in [6.45, 7) is 0.689. The van der Waals surface area contributed by atoms with Crippen molar-refractivity contribution in [2.75, 3.05) is 20.3 Å². The number of hydrogen-bond donors (Lipinski definition) is 1. The van der Waals surface area contributed by atoms with Gasteiger partial charge in [-0.15, -0.1) is 0 Å². The van der Waals surface area contributed by atoms with Gasteiger partial charge in [0.15, 0.2) is 0 Å². The second-order valence-corrected chi connectivity index (χ2v) is 5.24. The maximum absolute atomic E-state index is 12.0. The zero-order valence-corrected chi connectivity index (χ0v) is 14.3. The van der Waals surface area contributed by atoms with E-state index in [1.165, 1.54) is 13.2 Å². The summed E-state index contributed by atoms with van der Waals surface area (Å²) in [4.78, 5) is 23.9. The quantitative estimate of drug-likeness (QED) is 0.273. The van der Waals surface area contributed by atoms with Crippen LogP contribution in [0.3, 0.4) is 0 Å². The smallest absolute Gasteiger partial charge is 0.343 e. The Morgan fingerprint density at radius 2 is 1.81 bits per heavy atom. The molecule has 0 saturated heterocycles. The summed E-state index contributed by atoms with van der Waals surface area (Å²) >= 11 is 0. The molecule has 0 unspecified atom stereocenters. The summed E-state index contributed by atoms with van der Waals surface area (Å²) in [7, 11) is 1.53. The minimum atomic E-state index is -0.468. The van der Waals surface area contributed by atoms with Crippen LogP contribution in [-0.4, -0.2) is 32.1 Å². The summed E-state index contributed by atoms with van der Waals surface area (Å²) in [6.07, 6.45) is 1.46. The fourth-order valence-corrected chi connectivity index (χ4v) is 2.05. The third-order valence-corrected chi connectivity index (χ3v) is 3.37. The van der Waals surface area contributed by atoms with E-state index in [1.807, 2.05) is 12.1 Å². The van der Waals surface area contributed by atoms with Crippen LogP contribution in [0.1, 0.15) is 15.9 Å². The van der Waals surface area contributed by atoms with Crippen molar-refractivity contribution < 1.29 is 19.1 Å².